The predicted octanol–water partition coefficient (Wildman–Crippen LogP) is 0.0568. The molecule has 2 aromatic rings. The van der Waals surface area contributed by atoms with Crippen LogP contribution in [0.25, 0.3) is 5.82 Å². The Kier molecular flexibility index (Phi) is 4.89. The fourth-order valence-corrected chi connectivity index (χ4v) is 3.06. The molecule has 1 fully saturated rings. The Labute approximate surface area is 147 Å². The van der Waals surface area contributed by atoms with Crippen molar-refractivity contribution in [1.29, 1.82) is 0 Å². The van der Waals surface area contributed by atoms with Crippen molar-refractivity contribution in [3.63, 3.8) is 0 Å². The summed E-state index contributed by atoms with van der Waals surface area (Å²) in [4.78, 5) is 30.5. The van der Waals surface area contributed by atoms with Crippen LogP contribution in [0.3, 0.4) is 0 Å². The largest absolute Gasteiger partial charge is 0.338 e. The van der Waals surface area contributed by atoms with Crippen LogP contribution in [0.15, 0.2) is 30.7 Å². The SMILES string of the molecule is CN(C)CC(=O)N1CCN(C(=O)c2cnn(C)c2-n2cccc2)CC1. The Morgan fingerprint density at radius 1 is 1.08 bits per heavy atom. The number of hydrogen-bond donors (Lipinski definition) is 0. The van der Waals surface area contributed by atoms with Gasteiger partial charge in [-0.3, -0.25) is 14.3 Å². The second-order valence-corrected chi connectivity index (χ2v) is 6.51. The number of likely N-dealkylation sites (N-methyl/N-ethyl adjacent to an activating group) is 1. The van der Waals surface area contributed by atoms with Crippen molar-refractivity contribution in [2.24, 2.45) is 7.05 Å². The van der Waals surface area contributed by atoms with Gasteiger partial charge < -0.3 is 19.3 Å². The van der Waals surface area contributed by atoms with Gasteiger partial charge in [-0.25, -0.2) is 0 Å². The zero-order valence-electron chi connectivity index (χ0n) is 14.9. The first-order valence-electron chi connectivity index (χ1n) is 8.34. The molecule has 25 heavy (non-hydrogen) atoms. The van der Waals surface area contributed by atoms with E-state index in [9.17, 15) is 9.59 Å². The molecule has 0 radical (unpaired) electrons. The van der Waals surface area contributed by atoms with Crippen LogP contribution in [-0.2, 0) is 11.8 Å². The minimum absolute atomic E-state index is 0.0449. The Balaban J connectivity index is 1.69. The number of carbonyl (C=O) groups is 2. The van der Waals surface area contributed by atoms with Crippen LogP contribution >= 0.6 is 0 Å². The van der Waals surface area contributed by atoms with Gasteiger partial charge in [-0.1, -0.05) is 0 Å². The molecule has 1 saturated heterocycles. The first kappa shape index (κ1) is 17.2. The van der Waals surface area contributed by atoms with Crippen molar-refractivity contribution in [3.05, 3.63) is 36.3 Å². The summed E-state index contributed by atoms with van der Waals surface area (Å²) >= 11 is 0. The zero-order chi connectivity index (χ0) is 18.0. The van der Waals surface area contributed by atoms with Crippen LogP contribution in [0, 0.1) is 0 Å². The third-order valence-corrected chi connectivity index (χ3v) is 4.36. The van der Waals surface area contributed by atoms with Gasteiger partial charge in [0.25, 0.3) is 5.91 Å². The lowest BCUT2D eigenvalue weighted by molar-refractivity contribution is -0.133. The van der Waals surface area contributed by atoms with Crippen LogP contribution in [0.2, 0.25) is 0 Å². The number of piperazine rings is 1. The molecule has 3 rings (SSSR count). The highest BCUT2D eigenvalue weighted by Gasteiger charge is 2.27. The molecule has 0 bridgehead atoms. The minimum atomic E-state index is -0.0449. The molecule has 0 unspecified atom stereocenters. The van der Waals surface area contributed by atoms with E-state index < -0.39 is 0 Å². The van der Waals surface area contributed by atoms with E-state index in [1.54, 1.807) is 15.8 Å². The number of amides is 2. The summed E-state index contributed by atoms with van der Waals surface area (Å²) in [5.41, 5.74) is 0.576. The smallest absolute Gasteiger partial charge is 0.259 e. The molecular weight excluding hydrogens is 320 g/mol. The molecule has 0 aliphatic carbocycles. The van der Waals surface area contributed by atoms with Crippen LogP contribution in [-0.4, -0.2) is 87.7 Å². The lowest BCUT2D eigenvalue weighted by atomic mass is 10.2. The zero-order valence-corrected chi connectivity index (χ0v) is 14.9. The fourth-order valence-electron chi connectivity index (χ4n) is 3.06. The van der Waals surface area contributed by atoms with Crippen molar-refractivity contribution >= 4 is 11.8 Å². The quantitative estimate of drug-likeness (QED) is 0.786. The molecule has 8 nitrogen and oxygen atoms in total. The molecule has 2 amide bonds. The minimum Gasteiger partial charge on any atom is -0.338 e. The van der Waals surface area contributed by atoms with E-state index in [-0.39, 0.29) is 11.8 Å². The summed E-state index contributed by atoms with van der Waals surface area (Å²) in [5.74, 6) is 0.809. The van der Waals surface area contributed by atoms with Crippen LogP contribution in [0.5, 0.6) is 0 Å². The van der Waals surface area contributed by atoms with Gasteiger partial charge in [0.1, 0.15) is 11.4 Å². The lowest BCUT2D eigenvalue weighted by Gasteiger charge is -2.35. The third-order valence-electron chi connectivity index (χ3n) is 4.36. The second-order valence-electron chi connectivity index (χ2n) is 6.51. The molecule has 0 saturated carbocycles. The van der Waals surface area contributed by atoms with Gasteiger partial charge >= 0.3 is 0 Å². The lowest BCUT2D eigenvalue weighted by Crippen LogP contribution is -2.52. The van der Waals surface area contributed by atoms with Gasteiger partial charge in [0.2, 0.25) is 5.91 Å². The predicted molar refractivity (Wildman–Crippen MR) is 93.6 cm³/mol. The molecule has 8 heteroatoms. The van der Waals surface area contributed by atoms with Gasteiger partial charge in [-0.15, -0.1) is 0 Å². The number of carbonyl (C=O) groups excluding carboxylic acids is 2. The van der Waals surface area contributed by atoms with Crippen molar-refractivity contribution in [2.45, 2.75) is 0 Å². The fraction of sp³-hybridized carbons (Fsp3) is 0.471. The maximum Gasteiger partial charge on any atom is 0.259 e. The van der Waals surface area contributed by atoms with Gasteiger partial charge in [0, 0.05) is 45.6 Å². The molecular formula is C17H24N6O2. The van der Waals surface area contributed by atoms with E-state index in [0.29, 0.717) is 38.3 Å². The summed E-state index contributed by atoms with van der Waals surface area (Å²) in [5, 5.41) is 4.24. The summed E-state index contributed by atoms with van der Waals surface area (Å²) in [7, 11) is 5.58. The van der Waals surface area contributed by atoms with Gasteiger partial charge in [-0.2, -0.15) is 5.10 Å². The first-order chi connectivity index (χ1) is 12.0. The molecule has 0 N–H and O–H groups in total. The van der Waals surface area contributed by atoms with Crippen molar-refractivity contribution in [3.8, 4) is 5.82 Å². The molecule has 0 spiro atoms. The highest BCUT2D eigenvalue weighted by Crippen LogP contribution is 2.17. The van der Waals surface area contributed by atoms with Gasteiger partial charge in [0.05, 0.1) is 12.7 Å². The van der Waals surface area contributed by atoms with E-state index in [1.807, 2.05) is 60.0 Å². The highest BCUT2D eigenvalue weighted by molar-refractivity contribution is 5.97. The number of rotatable bonds is 4. The van der Waals surface area contributed by atoms with Gasteiger partial charge in [0.15, 0.2) is 0 Å². The van der Waals surface area contributed by atoms with E-state index in [0.717, 1.165) is 5.82 Å². The number of aromatic nitrogens is 3. The number of nitrogens with zero attached hydrogens (tertiary/aromatic N) is 6. The Hall–Kier alpha value is -2.61. The third kappa shape index (κ3) is 3.58. The Morgan fingerprint density at radius 3 is 2.28 bits per heavy atom. The first-order valence-corrected chi connectivity index (χ1v) is 8.34. The molecule has 2 aromatic heterocycles. The summed E-state index contributed by atoms with van der Waals surface area (Å²) in [6.07, 6.45) is 5.40. The number of hydrogen-bond acceptors (Lipinski definition) is 4. The summed E-state index contributed by atoms with van der Waals surface area (Å²) < 4.78 is 3.58. The van der Waals surface area contributed by atoms with E-state index in [4.69, 9.17) is 0 Å². The molecule has 134 valence electrons. The highest BCUT2D eigenvalue weighted by atomic mass is 16.2. The van der Waals surface area contributed by atoms with Crippen LogP contribution < -0.4 is 0 Å². The average Bonchev–Trinajstić information content (AvgIpc) is 3.23. The van der Waals surface area contributed by atoms with Crippen molar-refractivity contribution in [2.75, 3.05) is 46.8 Å². The second kappa shape index (κ2) is 7.10. The van der Waals surface area contributed by atoms with Crippen molar-refractivity contribution < 1.29 is 9.59 Å². The topological polar surface area (TPSA) is 66.6 Å². The molecule has 3 heterocycles. The molecule has 0 atom stereocenters. The monoisotopic (exact) mass is 344 g/mol. The Morgan fingerprint density at radius 2 is 1.68 bits per heavy atom. The molecule has 0 aromatic carbocycles. The van der Waals surface area contributed by atoms with E-state index in [2.05, 4.69) is 5.10 Å². The van der Waals surface area contributed by atoms with Crippen LogP contribution in [0.4, 0.5) is 0 Å². The maximum absolute atomic E-state index is 12.9. The van der Waals surface area contributed by atoms with E-state index in [1.165, 1.54) is 0 Å². The summed E-state index contributed by atoms with van der Waals surface area (Å²) in [6.45, 7) is 2.61. The van der Waals surface area contributed by atoms with E-state index >= 15 is 0 Å². The maximum atomic E-state index is 12.9. The normalized spacial score (nSPS) is 15.0. The molecule has 1 aliphatic heterocycles. The van der Waals surface area contributed by atoms with Crippen LogP contribution in [0.1, 0.15) is 10.4 Å². The Bertz CT molecular complexity index is 741. The standard InChI is InChI=1S/C17H24N6O2/c1-19(2)13-15(24)21-8-10-23(11-9-21)17(25)14-12-18-20(3)16(14)22-6-4-5-7-22/h4-7,12H,8-11,13H2,1-3H3. The van der Waals surface area contributed by atoms with Gasteiger partial charge in [-0.05, 0) is 26.2 Å². The van der Waals surface area contributed by atoms with Crippen molar-refractivity contribution in [1.82, 2.24) is 29.0 Å². The summed E-state index contributed by atoms with van der Waals surface area (Å²) in [6, 6.07) is 3.83. The number of aryl methyl sites for hydroxylation is 1. The molecule has 1 aliphatic rings. The average molecular weight is 344 g/mol.